The highest BCUT2D eigenvalue weighted by Crippen LogP contribution is 2.30. The van der Waals surface area contributed by atoms with E-state index in [1.54, 1.807) is 18.2 Å². The molecular weight excluding hydrogens is 344 g/mol. The lowest BCUT2D eigenvalue weighted by molar-refractivity contribution is -0.137. The van der Waals surface area contributed by atoms with E-state index in [9.17, 15) is 17.6 Å². The first-order valence-corrected chi connectivity index (χ1v) is 8.74. The number of hydrogen-bond acceptors (Lipinski definition) is 2. The van der Waals surface area contributed by atoms with Crippen LogP contribution < -0.4 is 4.90 Å². The number of nitrogens with zero attached hydrogens (tertiary/aromatic N) is 2. The fraction of sp³-hybridized carbons (Fsp3) is 0.400. The summed E-state index contributed by atoms with van der Waals surface area (Å²) in [7, 11) is 0. The zero-order chi connectivity index (χ0) is 18.7. The SMILES string of the molecule is CC(Cc1cccc(C(F)(F)F)c1)N1CCN(c2ccccc2F)CC1. The molecule has 0 bridgehead atoms. The lowest BCUT2D eigenvalue weighted by atomic mass is 10.0. The van der Waals surface area contributed by atoms with Crippen molar-refractivity contribution in [3.05, 3.63) is 65.5 Å². The Morgan fingerprint density at radius 1 is 0.962 bits per heavy atom. The lowest BCUT2D eigenvalue weighted by Crippen LogP contribution is -2.50. The van der Waals surface area contributed by atoms with E-state index in [0.717, 1.165) is 19.2 Å². The van der Waals surface area contributed by atoms with E-state index in [4.69, 9.17) is 0 Å². The highest BCUT2D eigenvalue weighted by atomic mass is 19.4. The molecule has 1 aliphatic heterocycles. The van der Waals surface area contributed by atoms with Crippen LogP contribution in [0.4, 0.5) is 23.2 Å². The number of benzene rings is 2. The molecule has 1 saturated heterocycles. The maximum atomic E-state index is 13.9. The van der Waals surface area contributed by atoms with Crippen molar-refractivity contribution in [3.8, 4) is 0 Å². The van der Waals surface area contributed by atoms with Gasteiger partial charge in [0, 0.05) is 32.2 Å². The molecule has 6 heteroatoms. The molecule has 2 nitrogen and oxygen atoms in total. The van der Waals surface area contributed by atoms with Crippen LogP contribution >= 0.6 is 0 Å². The molecule has 0 N–H and O–H groups in total. The van der Waals surface area contributed by atoms with Gasteiger partial charge in [-0.2, -0.15) is 13.2 Å². The summed E-state index contributed by atoms with van der Waals surface area (Å²) < 4.78 is 52.5. The molecule has 0 saturated carbocycles. The van der Waals surface area contributed by atoms with E-state index in [0.29, 0.717) is 30.8 Å². The molecule has 0 amide bonds. The molecule has 140 valence electrons. The van der Waals surface area contributed by atoms with E-state index in [-0.39, 0.29) is 11.9 Å². The second-order valence-corrected chi connectivity index (χ2v) is 6.73. The monoisotopic (exact) mass is 366 g/mol. The second-order valence-electron chi connectivity index (χ2n) is 6.73. The summed E-state index contributed by atoms with van der Waals surface area (Å²) in [5.41, 5.74) is 0.688. The quantitative estimate of drug-likeness (QED) is 0.730. The number of halogens is 4. The molecule has 26 heavy (non-hydrogen) atoms. The molecule has 1 unspecified atom stereocenters. The van der Waals surface area contributed by atoms with Gasteiger partial charge in [-0.25, -0.2) is 4.39 Å². The van der Waals surface area contributed by atoms with Crippen molar-refractivity contribution in [2.45, 2.75) is 25.6 Å². The molecule has 0 aliphatic carbocycles. The fourth-order valence-corrected chi connectivity index (χ4v) is 3.46. The fourth-order valence-electron chi connectivity index (χ4n) is 3.46. The summed E-state index contributed by atoms with van der Waals surface area (Å²) in [4.78, 5) is 4.26. The molecule has 1 aliphatic rings. The Hall–Kier alpha value is -2.08. The van der Waals surface area contributed by atoms with Gasteiger partial charge in [0.2, 0.25) is 0 Å². The Morgan fingerprint density at radius 3 is 2.31 bits per heavy atom. The van der Waals surface area contributed by atoms with Crippen LogP contribution in [0.5, 0.6) is 0 Å². The van der Waals surface area contributed by atoms with Gasteiger partial charge in [-0.1, -0.05) is 30.3 Å². The van der Waals surface area contributed by atoms with Gasteiger partial charge in [0.05, 0.1) is 11.3 Å². The number of alkyl halides is 3. The zero-order valence-electron chi connectivity index (χ0n) is 14.6. The van der Waals surface area contributed by atoms with Crippen LogP contribution in [0.25, 0.3) is 0 Å². The number of rotatable bonds is 4. The standard InChI is InChI=1S/C20H22F4N2/c1-15(13-16-5-4-6-17(14-16)20(22,23)24)25-9-11-26(12-10-25)19-8-3-2-7-18(19)21/h2-8,14-15H,9-13H2,1H3. The van der Waals surface area contributed by atoms with Crippen molar-refractivity contribution in [1.82, 2.24) is 4.90 Å². The van der Waals surface area contributed by atoms with Crippen LogP contribution in [0.1, 0.15) is 18.1 Å². The van der Waals surface area contributed by atoms with E-state index in [1.807, 2.05) is 17.9 Å². The van der Waals surface area contributed by atoms with E-state index in [2.05, 4.69) is 4.90 Å². The van der Waals surface area contributed by atoms with Crippen LogP contribution in [0, 0.1) is 5.82 Å². The second kappa shape index (κ2) is 7.66. The smallest absolute Gasteiger partial charge is 0.367 e. The largest absolute Gasteiger partial charge is 0.416 e. The summed E-state index contributed by atoms with van der Waals surface area (Å²) in [6, 6.07) is 12.4. The summed E-state index contributed by atoms with van der Waals surface area (Å²) in [5, 5.41) is 0. The summed E-state index contributed by atoms with van der Waals surface area (Å²) in [6.45, 7) is 4.95. The first kappa shape index (κ1) is 18.7. The average Bonchev–Trinajstić information content (AvgIpc) is 2.62. The third-order valence-electron chi connectivity index (χ3n) is 4.92. The van der Waals surface area contributed by atoms with Gasteiger partial charge < -0.3 is 4.90 Å². The van der Waals surface area contributed by atoms with Crippen molar-refractivity contribution in [3.63, 3.8) is 0 Å². The van der Waals surface area contributed by atoms with Crippen LogP contribution in [0.2, 0.25) is 0 Å². The van der Waals surface area contributed by atoms with Crippen molar-refractivity contribution in [2.75, 3.05) is 31.1 Å². The van der Waals surface area contributed by atoms with Crippen LogP contribution in [-0.4, -0.2) is 37.1 Å². The molecular formula is C20H22F4N2. The predicted octanol–water partition coefficient (Wildman–Crippen LogP) is 4.60. The summed E-state index contributed by atoms with van der Waals surface area (Å²) in [5.74, 6) is -0.224. The lowest BCUT2D eigenvalue weighted by Gasteiger charge is -2.39. The Kier molecular flexibility index (Phi) is 5.51. The van der Waals surface area contributed by atoms with Crippen molar-refractivity contribution < 1.29 is 17.6 Å². The minimum absolute atomic E-state index is 0.126. The van der Waals surface area contributed by atoms with Gasteiger partial charge in [0.25, 0.3) is 0 Å². The third-order valence-corrected chi connectivity index (χ3v) is 4.92. The molecule has 0 radical (unpaired) electrons. The Morgan fingerprint density at radius 2 is 1.65 bits per heavy atom. The number of piperazine rings is 1. The molecule has 2 aromatic carbocycles. The molecule has 2 aromatic rings. The van der Waals surface area contributed by atoms with Gasteiger partial charge in [-0.3, -0.25) is 4.90 Å². The van der Waals surface area contributed by atoms with Gasteiger partial charge in [-0.05, 0) is 37.1 Å². The van der Waals surface area contributed by atoms with Gasteiger partial charge >= 0.3 is 6.18 Å². The molecule has 3 rings (SSSR count). The first-order chi connectivity index (χ1) is 12.3. The zero-order valence-corrected chi connectivity index (χ0v) is 14.6. The van der Waals surface area contributed by atoms with Crippen LogP contribution in [0.3, 0.4) is 0 Å². The Bertz CT molecular complexity index is 737. The topological polar surface area (TPSA) is 6.48 Å². The maximum Gasteiger partial charge on any atom is 0.416 e. The summed E-state index contributed by atoms with van der Waals surface area (Å²) in [6.07, 6.45) is -3.76. The highest BCUT2D eigenvalue weighted by Gasteiger charge is 2.30. The average molecular weight is 366 g/mol. The van der Waals surface area contributed by atoms with Crippen LogP contribution in [-0.2, 0) is 12.6 Å². The molecule has 1 fully saturated rings. The predicted molar refractivity (Wildman–Crippen MR) is 94.8 cm³/mol. The summed E-state index contributed by atoms with van der Waals surface area (Å²) >= 11 is 0. The van der Waals surface area contributed by atoms with Gasteiger partial charge in [-0.15, -0.1) is 0 Å². The van der Waals surface area contributed by atoms with Crippen molar-refractivity contribution in [1.29, 1.82) is 0 Å². The normalized spacial score (nSPS) is 17.3. The van der Waals surface area contributed by atoms with E-state index >= 15 is 0 Å². The minimum Gasteiger partial charge on any atom is -0.367 e. The molecule has 0 aromatic heterocycles. The molecule has 1 atom stereocenters. The van der Waals surface area contributed by atoms with Gasteiger partial charge in [0.15, 0.2) is 0 Å². The number of anilines is 1. The number of para-hydroxylation sites is 1. The van der Waals surface area contributed by atoms with Crippen LogP contribution in [0.15, 0.2) is 48.5 Å². The maximum absolute atomic E-state index is 13.9. The van der Waals surface area contributed by atoms with Gasteiger partial charge in [0.1, 0.15) is 5.82 Å². The Labute approximate surface area is 151 Å². The highest BCUT2D eigenvalue weighted by molar-refractivity contribution is 5.48. The first-order valence-electron chi connectivity index (χ1n) is 8.74. The third kappa shape index (κ3) is 4.36. The van der Waals surface area contributed by atoms with Crippen molar-refractivity contribution >= 4 is 5.69 Å². The Balaban J connectivity index is 1.59. The van der Waals surface area contributed by atoms with Crippen molar-refractivity contribution in [2.24, 2.45) is 0 Å². The minimum atomic E-state index is -4.31. The van der Waals surface area contributed by atoms with E-state index < -0.39 is 11.7 Å². The number of hydrogen-bond donors (Lipinski definition) is 0. The molecule has 1 heterocycles. The van der Waals surface area contributed by atoms with E-state index in [1.165, 1.54) is 18.2 Å². The molecule has 0 spiro atoms.